The van der Waals surface area contributed by atoms with E-state index in [4.69, 9.17) is 16.3 Å². The molecule has 2 heterocycles. The summed E-state index contributed by atoms with van der Waals surface area (Å²) in [5, 5.41) is 6.23. The predicted molar refractivity (Wildman–Crippen MR) is 106 cm³/mol. The number of methoxy groups -OCH3 is 1. The number of ether oxygens (including phenoxy) is 1. The molecular weight excluding hydrogens is 412 g/mol. The van der Waals surface area contributed by atoms with Gasteiger partial charge in [0.1, 0.15) is 5.75 Å². The van der Waals surface area contributed by atoms with E-state index < -0.39 is 16.1 Å². The van der Waals surface area contributed by atoms with Gasteiger partial charge in [0.15, 0.2) is 5.13 Å². The average Bonchev–Trinajstić information content (AvgIpc) is 3.03. The number of sulfonamides is 1. The third-order valence-corrected chi connectivity index (χ3v) is 7.15. The SMILES string of the molecule is CCS(=O)(=O)N1CCc2nc(NC(=O)Nc3cc(Cl)ccc3OC)sc2C1. The lowest BCUT2D eigenvalue weighted by atomic mass is 10.2. The van der Waals surface area contributed by atoms with Crippen LogP contribution in [0.5, 0.6) is 5.75 Å². The summed E-state index contributed by atoms with van der Waals surface area (Å²) in [6.45, 7) is 2.31. The largest absolute Gasteiger partial charge is 0.495 e. The molecule has 1 aliphatic rings. The van der Waals surface area contributed by atoms with E-state index in [0.717, 1.165) is 10.6 Å². The fraction of sp³-hybridized carbons (Fsp3) is 0.375. The Kier molecular flexibility index (Phi) is 5.89. The monoisotopic (exact) mass is 430 g/mol. The van der Waals surface area contributed by atoms with Gasteiger partial charge >= 0.3 is 6.03 Å². The van der Waals surface area contributed by atoms with Gasteiger partial charge in [-0.15, -0.1) is 0 Å². The smallest absolute Gasteiger partial charge is 0.325 e. The van der Waals surface area contributed by atoms with Gasteiger partial charge in [0.2, 0.25) is 10.0 Å². The van der Waals surface area contributed by atoms with Crippen LogP contribution in [0.3, 0.4) is 0 Å². The molecule has 11 heteroatoms. The molecule has 0 fully saturated rings. The number of urea groups is 1. The Bertz CT molecular complexity index is 961. The number of rotatable bonds is 5. The van der Waals surface area contributed by atoms with Gasteiger partial charge in [0.05, 0.1) is 24.2 Å². The number of nitrogens with one attached hydrogen (secondary N) is 2. The summed E-state index contributed by atoms with van der Waals surface area (Å²) in [4.78, 5) is 17.5. The van der Waals surface area contributed by atoms with Gasteiger partial charge in [0.25, 0.3) is 0 Å². The van der Waals surface area contributed by atoms with Crippen LogP contribution in [-0.4, -0.2) is 43.1 Å². The summed E-state index contributed by atoms with van der Waals surface area (Å²) in [6, 6.07) is 4.41. The van der Waals surface area contributed by atoms with Crippen LogP contribution in [0.2, 0.25) is 5.02 Å². The topological polar surface area (TPSA) is 101 Å². The Balaban J connectivity index is 1.70. The molecule has 2 aromatic rings. The zero-order chi connectivity index (χ0) is 19.6. The van der Waals surface area contributed by atoms with Gasteiger partial charge in [-0.3, -0.25) is 5.32 Å². The minimum atomic E-state index is -3.24. The van der Waals surface area contributed by atoms with Gasteiger partial charge < -0.3 is 10.1 Å². The number of halogens is 1. The van der Waals surface area contributed by atoms with Crippen molar-refractivity contribution in [2.24, 2.45) is 0 Å². The van der Waals surface area contributed by atoms with E-state index in [1.54, 1.807) is 25.1 Å². The molecule has 2 N–H and O–H groups in total. The van der Waals surface area contributed by atoms with Gasteiger partial charge in [-0.1, -0.05) is 22.9 Å². The van der Waals surface area contributed by atoms with Crippen molar-refractivity contribution in [3.05, 3.63) is 33.8 Å². The number of anilines is 2. The Morgan fingerprint density at radius 1 is 1.41 bits per heavy atom. The number of carbonyl (C=O) groups excluding carboxylic acids is 1. The summed E-state index contributed by atoms with van der Waals surface area (Å²) in [6.07, 6.45) is 0.524. The van der Waals surface area contributed by atoms with E-state index in [2.05, 4.69) is 15.6 Å². The zero-order valence-corrected chi connectivity index (χ0v) is 17.2. The van der Waals surface area contributed by atoms with Crippen LogP contribution in [-0.2, 0) is 23.0 Å². The first-order valence-electron chi connectivity index (χ1n) is 8.20. The number of amides is 2. The highest BCUT2D eigenvalue weighted by molar-refractivity contribution is 7.89. The zero-order valence-electron chi connectivity index (χ0n) is 14.8. The molecule has 1 aliphatic heterocycles. The van der Waals surface area contributed by atoms with E-state index in [1.165, 1.54) is 22.8 Å². The molecule has 0 saturated heterocycles. The first kappa shape index (κ1) is 19.9. The molecule has 146 valence electrons. The fourth-order valence-electron chi connectivity index (χ4n) is 2.67. The van der Waals surface area contributed by atoms with Gasteiger partial charge in [-0.05, 0) is 25.1 Å². The molecule has 0 unspecified atom stereocenters. The fourth-order valence-corrected chi connectivity index (χ4v) is 5.01. The molecular formula is C16H19ClN4O4S2. The molecule has 0 saturated carbocycles. The molecule has 0 radical (unpaired) electrons. The van der Waals surface area contributed by atoms with Crippen molar-refractivity contribution >= 4 is 49.8 Å². The highest BCUT2D eigenvalue weighted by Gasteiger charge is 2.28. The van der Waals surface area contributed by atoms with Crippen molar-refractivity contribution in [1.29, 1.82) is 0 Å². The van der Waals surface area contributed by atoms with Gasteiger partial charge in [-0.2, -0.15) is 4.31 Å². The van der Waals surface area contributed by atoms with E-state index in [9.17, 15) is 13.2 Å². The number of thiazole rings is 1. The van der Waals surface area contributed by atoms with E-state index in [0.29, 0.717) is 34.6 Å². The average molecular weight is 431 g/mol. The van der Waals surface area contributed by atoms with Crippen molar-refractivity contribution in [2.45, 2.75) is 19.9 Å². The van der Waals surface area contributed by atoms with Crippen LogP contribution >= 0.6 is 22.9 Å². The molecule has 1 aromatic carbocycles. The number of fused-ring (bicyclic) bond motifs is 1. The highest BCUT2D eigenvalue weighted by atomic mass is 35.5. The number of nitrogens with zero attached hydrogens (tertiary/aromatic N) is 2. The van der Waals surface area contributed by atoms with Crippen LogP contribution < -0.4 is 15.4 Å². The second-order valence-corrected chi connectivity index (χ2v) is 9.57. The summed E-state index contributed by atoms with van der Waals surface area (Å²) in [5.74, 6) is 0.546. The van der Waals surface area contributed by atoms with Crippen LogP contribution in [0.15, 0.2) is 18.2 Å². The van der Waals surface area contributed by atoms with Crippen LogP contribution in [0.4, 0.5) is 15.6 Å². The lowest BCUT2D eigenvalue weighted by Crippen LogP contribution is -2.36. The number of carbonyl (C=O) groups is 1. The molecule has 0 aliphatic carbocycles. The maximum Gasteiger partial charge on any atom is 0.325 e. The van der Waals surface area contributed by atoms with E-state index in [-0.39, 0.29) is 12.3 Å². The van der Waals surface area contributed by atoms with E-state index >= 15 is 0 Å². The molecule has 0 spiro atoms. The minimum Gasteiger partial charge on any atom is -0.495 e. The second kappa shape index (κ2) is 8.01. The number of aromatic nitrogens is 1. The minimum absolute atomic E-state index is 0.0656. The highest BCUT2D eigenvalue weighted by Crippen LogP contribution is 2.31. The molecule has 3 rings (SSSR count). The van der Waals surface area contributed by atoms with Crippen molar-refractivity contribution in [3.8, 4) is 5.75 Å². The summed E-state index contributed by atoms with van der Waals surface area (Å²) in [7, 11) is -1.75. The van der Waals surface area contributed by atoms with Crippen LogP contribution in [0.25, 0.3) is 0 Å². The first-order valence-corrected chi connectivity index (χ1v) is 11.0. The second-order valence-electron chi connectivity index (χ2n) is 5.80. The van der Waals surface area contributed by atoms with Crippen molar-refractivity contribution < 1.29 is 17.9 Å². The Labute approximate surface area is 166 Å². The lowest BCUT2D eigenvalue weighted by Gasteiger charge is -2.24. The summed E-state index contributed by atoms with van der Waals surface area (Å²) in [5.41, 5.74) is 1.25. The molecule has 1 aromatic heterocycles. The first-order chi connectivity index (χ1) is 12.8. The van der Waals surface area contributed by atoms with Crippen molar-refractivity contribution in [3.63, 3.8) is 0 Å². The maximum absolute atomic E-state index is 12.3. The summed E-state index contributed by atoms with van der Waals surface area (Å²) >= 11 is 7.23. The molecule has 27 heavy (non-hydrogen) atoms. The molecule has 2 amide bonds. The Morgan fingerprint density at radius 2 is 2.19 bits per heavy atom. The standard InChI is InChI=1S/C16H19ClN4O4S2/c1-3-27(23,24)21-7-6-11-14(9-21)26-16(19-11)20-15(22)18-12-8-10(17)4-5-13(12)25-2/h4-5,8H,3,6-7,9H2,1-2H3,(H2,18,19,20,22). The van der Waals surface area contributed by atoms with Crippen LogP contribution in [0, 0.1) is 0 Å². The molecule has 0 bridgehead atoms. The molecule has 0 atom stereocenters. The normalized spacial score (nSPS) is 14.5. The Hall–Kier alpha value is -1.88. The molecule has 8 nitrogen and oxygen atoms in total. The maximum atomic E-state index is 12.3. The van der Waals surface area contributed by atoms with Crippen molar-refractivity contribution in [2.75, 3.05) is 30.0 Å². The van der Waals surface area contributed by atoms with Gasteiger partial charge in [-0.25, -0.2) is 18.2 Å². The van der Waals surface area contributed by atoms with Crippen molar-refractivity contribution in [1.82, 2.24) is 9.29 Å². The van der Waals surface area contributed by atoms with Crippen LogP contribution in [0.1, 0.15) is 17.5 Å². The number of benzene rings is 1. The summed E-state index contributed by atoms with van der Waals surface area (Å²) < 4.78 is 30.7. The predicted octanol–water partition coefficient (Wildman–Crippen LogP) is 3.16. The number of hydrogen-bond donors (Lipinski definition) is 2. The lowest BCUT2D eigenvalue weighted by molar-refractivity contribution is 0.262. The van der Waals surface area contributed by atoms with E-state index in [1.807, 2.05) is 0 Å². The quantitative estimate of drug-likeness (QED) is 0.758. The third kappa shape index (κ3) is 4.52. The number of hydrogen-bond acceptors (Lipinski definition) is 6. The van der Waals surface area contributed by atoms with Gasteiger partial charge in [0, 0.05) is 29.4 Å². The third-order valence-electron chi connectivity index (χ3n) is 4.08. The Morgan fingerprint density at radius 3 is 2.89 bits per heavy atom.